The summed E-state index contributed by atoms with van der Waals surface area (Å²) in [6.45, 7) is 0.607. The molecule has 0 unspecified atom stereocenters. The average molecular weight is 242 g/mol. The van der Waals surface area contributed by atoms with Crippen LogP contribution in [0.5, 0.6) is 0 Å². The van der Waals surface area contributed by atoms with Gasteiger partial charge in [0.15, 0.2) is 0 Å². The molecule has 2 aromatic rings. The van der Waals surface area contributed by atoms with Crippen molar-refractivity contribution in [1.29, 1.82) is 0 Å². The molecule has 0 aliphatic heterocycles. The molecule has 0 atom stereocenters. The molecule has 18 heavy (non-hydrogen) atoms. The number of aromatic nitrogens is 1. The van der Waals surface area contributed by atoms with Crippen LogP contribution in [0.3, 0.4) is 0 Å². The Morgan fingerprint density at radius 3 is 2.83 bits per heavy atom. The quantitative estimate of drug-likeness (QED) is 0.900. The summed E-state index contributed by atoms with van der Waals surface area (Å²) in [7, 11) is 0. The van der Waals surface area contributed by atoms with E-state index in [4.69, 9.17) is 10.2 Å². The fourth-order valence-corrected chi connectivity index (χ4v) is 2.57. The zero-order valence-electron chi connectivity index (χ0n) is 10.5. The van der Waals surface area contributed by atoms with E-state index in [9.17, 15) is 0 Å². The number of rotatable bonds is 3. The molecule has 0 bridgehead atoms. The number of oxazole rings is 1. The number of hydrogen-bond donors (Lipinski definition) is 1. The lowest BCUT2D eigenvalue weighted by atomic mass is 9.90. The van der Waals surface area contributed by atoms with Crippen molar-refractivity contribution in [2.45, 2.75) is 32.1 Å². The van der Waals surface area contributed by atoms with Crippen molar-refractivity contribution < 1.29 is 4.42 Å². The van der Waals surface area contributed by atoms with Gasteiger partial charge in [0.1, 0.15) is 6.26 Å². The minimum absolute atomic E-state index is 0.607. The number of aryl methyl sites for hydroxylation is 2. The third kappa shape index (κ3) is 2.18. The first kappa shape index (κ1) is 11.5. The van der Waals surface area contributed by atoms with Gasteiger partial charge in [-0.05, 0) is 55.5 Å². The molecule has 0 fully saturated rings. The molecule has 0 saturated carbocycles. The molecule has 0 spiro atoms. The smallest absolute Gasteiger partial charge is 0.226 e. The number of nitrogens with two attached hydrogens (primary N) is 1. The highest BCUT2D eigenvalue weighted by Crippen LogP contribution is 2.27. The van der Waals surface area contributed by atoms with E-state index in [1.54, 1.807) is 6.26 Å². The Balaban J connectivity index is 1.91. The van der Waals surface area contributed by atoms with Gasteiger partial charge in [0, 0.05) is 12.0 Å². The van der Waals surface area contributed by atoms with E-state index in [1.807, 2.05) is 0 Å². The highest BCUT2D eigenvalue weighted by Gasteiger charge is 2.12. The fourth-order valence-electron chi connectivity index (χ4n) is 2.57. The largest absolute Gasteiger partial charge is 0.444 e. The second kappa shape index (κ2) is 4.94. The van der Waals surface area contributed by atoms with Gasteiger partial charge in [0.25, 0.3) is 0 Å². The molecule has 3 heteroatoms. The summed E-state index contributed by atoms with van der Waals surface area (Å²) in [6.07, 6.45) is 7.47. The molecule has 1 aromatic heterocycles. The topological polar surface area (TPSA) is 52.0 Å². The Morgan fingerprint density at radius 2 is 2.00 bits per heavy atom. The van der Waals surface area contributed by atoms with Gasteiger partial charge in [-0.15, -0.1) is 0 Å². The molecular formula is C15H18N2O. The van der Waals surface area contributed by atoms with Crippen molar-refractivity contribution in [3.8, 4) is 11.5 Å². The van der Waals surface area contributed by atoms with Crippen molar-refractivity contribution in [2.24, 2.45) is 5.73 Å². The monoisotopic (exact) mass is 242 g/mol. The van der Waals surface area contributed by atoms with Crippen LogP contribution in [0.2, 0.25) is 0 Å². The van der Waals surface area contributed by atoms with Gasteiger partial charge in [0.2, 0.25) is 5.89 Å². The van der Waals surface area contributed by atoms with E-state index in [2.05, 4.69) is 23.2 Å². The van der Waals surface area contributed by atoms with Crippen molar-refractivity contribution >= 4 is 0 Å². The molecule has 0 amide bonds. The molecule has 2 N–H and O–H groups in total. The second-order valence-electron chi connectivity index (χ2n) is 4.87. The van der Waals surface area contributed by atoms with Gasteiger partial charge in [-0.1, -0.05) is 6.07 Å². The summed E-state index contributed by atoms with van der Waals surface area (Å²) in [5.74, 6) is 0.715. The van der Waals surface area contributed by atoms with Crippen LogP contribution >= 0.6 is 0 Å². The van der Waals surface area contributed by atoms with Crippen LogP contribution in [0.25, 0.3) is 11.5 Å². The van der Waals surface area contributed by atoms with Gasteiger partial charge < -0.3 is 10.2 Å². The van der Waals surface area contributed by atoms with Crippen LogP contribution in [-0.2, 0) is 19.3 Å². The van der Waals surface area contributed by atoms with Crippen molar-refractivity contribution in [3.63, 3.8) is 0 Å². The van der Waals surface area contributed by atoms with Crippen LogP contribution in [0.15, 0.2) is 28.9 Å². The van der Waals surface area contributed by atoms with Crippen LogP contribution in [0, 0.1) is 0 Å². The number of nitrogens with zero attached hydrogens (tertiary/aromatic N) is 1. The third-order valence-corrected chi connectivity index (χ3v) is 3.55. The van der Waals surface area contributed by atoms with E-state index in [-0.39, 0.29) is 0 Å². The van der Waals surface area contributed by atoms with E-state index >= 15 is 0 Å². The molecule has 0 saturated heterocycles. The maximum absolute atomic E-state index is 5.53. The zero-order chi connectivity index (χ0) is 12.4. The van der Waals surface area contributed by atoms with E-state index in [1.165, 1.54) is 36.8 Å². The maximum atomic E-state index is 5.53. The zero-order valence-corrected chi connectivity index (χ0v) is 10.5. The normalized spacial score (nSPS) is 14.5. The standard InChI is InChI=1S/C15H18N2O/c16-8-7-14-10-18-15(17-14)13-6-5-11-3-1-2-4-12(11)9-13/h5-6,9-10H,1-4,7-8,16H2. The molecule has 0 radical (unpaired) electrons. The molecule has 1 heterocycles. The van der Waals surface area contributed by atoms with Gasteiger partial charge in [-0.2, -0.15) is 0 Å². The summed E-state index contributed by atoms with van der Waals surface area (Å²) >= 11 is 0. The summed E-state index contributed by atoms with van der Waals surface area (Å²) in [6, 6.07) is 6.56. The maximum Gasteiger partial charge on any atom is 0.226 e. The van der Waals surface area contributed by atoms with E-state index in [0.717, 1.165) is 17.7 Å². The van der Waals surface area contributed by atoms with Gasteiger partial charge in [-0.25, -0.2) is 4.98 Å². The summed E-state index contributed by atoms with van der Waals surface area (Å²) in [4.78, 5) is 4.47. The van der Waals surface area contributed by atoms with Gasteiger partial charge >= 0.3 is 0 Å². The first-order chi connectivity index (χ1) is 8.86. The molecule has 1 aliphatic rings. The van der Waals surface area contributed by atoms with Crippen LogP contribution in [0.1, 0.15) is 29.7 Å². The Kier molecular flexibility index (Phi) is 3.15. The lowest BCUT2D eigenvalue weighted by Gasteiger charge is -2.15. The number of fused-ring (bicyclic) bond motifs is 1. The summed E-state index contributed by atoms with van der Waals surface area (Å²) in [5, 5.41) is 0. The Labute approximate surface area is 107 Å². The SMILES string of the molecule is NCCc1coc(-c2ccc3c(c2)CCCC3)n1. The van der Waals surface area contributed by atoms with Crippen molar-refractivity contribution in [3.05, 3.63) is 41.3 Å². The number of hydrogen-bond acceptors (Lipinski definition) is 3. The van der Waals surface area contributed by atoms with E-state index in [0.29, 0.717) is 12.4 Å². The molecule has 3 nitrogen and oxygen atoms in total. The summed E-state index contributed by atoms with van der Waals surface area (Å²) < 4.78 is 5.53. The molecular weight excluding hydrogens is 224 g/mol. The number of benzene rings is 1. The summed E-state index contributed by atoms with van der Waals surface area (Å²) in [5.41, 5.74) is 10.5. The van der Waals surface area contributed by atoms with Crippen LogP contribution in [-0.4, -0.2) is 11.5 Å². The Morgan fingerprint density at radius 1 is 1.17 bits per heavy atom. The van der Waals surface area contributed by atoms with Gasteiger partial charge in [-0.3, -0.25) is 0 Å². The second-order valence-corrected chi connectivity index (χ2v) is 4.87. The minimum Gasteiger partial charge on any atom is -0.444 e. The predicted octanol–water partition coefficient (Wildman–Crippen LogP) is 2.72. The highest BCUT2D eigenvalue weighted by atomic mass is 16.3. The molecule has 94 valence electrons. The Hall–Kier alpha value is -1.61. The van der Waals surface area contributed by atoms with Crippen LogP contribution in [0.4, 0.5) is 0 Å². The average Bonchev–Trinajstić information content (AvgIpc) is 2.87. The third-order valence-electron chi connectivity index (χ3n) is 3.55. The van der Waals surface area contributed by atoms with E-state index < -0.39 is 0 Å². The van der Waals surface area contributed by atoms with Crippen molar-refractivity contribution in [1.82, 2.24) is 4.98 Å². The fraction of sp³-hybridized carbons (Fsp3) is 0.400. The van der Waals surface area contributed by atoms with Gasteiger partial charge in [0.05, 0.1) is 5.69 Å². The first-order valence-corrected chi connectivity index (χ1v) is 6.63. The lowest BCUT2D eigenvalue weighted by Crippen LogP contribution is -2.03. The van der Waals surface area contributed by atoms with Crippen molar-refractivity contribution in [2.75, 3.05) is 6.54 Å². The highest BCUT2D eigenvalue weighted by molar-refractivity contribution is 5.56. The first-order valence-electron chi connectivity index (χ1n) is 6.63. The molecule has 3 rings (SSSR count). The minimum atomic E-state index is 0.607. The lowest BCUT2D eigenvalue weighted by molar-refractivity contribution is 0.572. The Bertz CT molecular complexity index is 545. The molecule has 1 aromatic carbocycles. The molecule has 1 aliphatic carbocycles. The predicted molar refractivity (Wildman–Crippen MR) is 71.3 cm³/mol. The van der Waals surface area contributed by atoms with Crippen LogP contribution < -0.4 is 5.73 Å².